The summed E-state index contributed by atoms with van der Waals surface area (Å²) in [7, 11) is -0.553. The van der Waals surface area contributed by atoms with Gasteiger partial charge in [0.25, 0.3) is 0 Å². The molecule has 0 rings (SSSR count). The van der Waals surface area contributed by atoms with Crippen LogP contribution in [-0.2, 0) is 14.0 Å². The van der Waals surface area contributed by atoms with Crippen LogP contribution in [0.1, 0.15) is 40.5 Å². The van der Waals surface area contributed by atoms with Gasteiger partial charge in [-0.05, 0) is 25.1 Å². The van der Waals surface area contributed by atoms with E-state index in [2.05, 4.69) is 40.4 Å². The molecule has 112 valence electrons. The Balaban J connectivity index is 0. The third-order valence-corrected chi connectivity index (χ3v) is 8.30. The van der Waals surface area contributed by atoms with Gasteiger partial charge in [-0.1, -0.05) is 27.4 Å². The molecule has 0 aliphatic carbocycles. The Morgan fingerprint density at radius 3 is 1.95 bits per heavy atom. The van der Waals surface area contributed by atoms with Gasteiger partial charge in [-0.25, -0.2) is 0 Å². The molecule has 4 nitrogen and oxygen atoms in total. The SMILES string of the molecule is C=C(C[C@@](C)(CC(=O)[O-])O[Si](C)(C)C(C)(C)C)OC.[K+]. The normalized spacial score (nSPS) is 14.9. The van der Waals surface area contributed by atoms with E-state index in [0.717, 1.165) is 0 Å². The van der Waals surface area contributed by atoms with Gasteiger partial charge in [0.15, 0.2) is 8.32 Å². The van der Waals surface area contributed by atoms with E-state index in [4.69, 9.17) is 9.16 Å². The molecule has 0 saturated heterocycles. The summed E-state index contributed by atoms with van der Waals surface area (Å²) in [5.74, 6) is -0.604. The number of carbonyl (C=O) groups excluding carboxylic acids is 1. The van der Waals surface area contributed by atoms with Crippen molar-refractivity contribution in [1.82, 2.24) is 0 Å². The number of ether oxygens (including phenoxy) is 1. The molecule has 0 fully saturated rings. The number of methoxy groups -OCH3 is 1. The minimum Gasteiger partial charge on any atom is -0.550 e. The van der Waals surface area contributed by atoms with Crippen LogP contribution in [-0.4, -0.2) is 27.0 Å². The molecule has 0 unspecified atom stereocenters. The molecular formula is C14H27KO4Si. The molecule has 0 radical (unpaired) electrons. The smallest absolute Gasteiger partial charge is 0.550 e. The fourth-order valence-corrected chi connectivity index (χ4v) is 3.38. The maximum atomic E-state index is 11.0. The first-order valence-electron chi connectivity index (χ1n) is 6.45. The Morgan fingerprint density at radius 1 is 1.20 bits per heavy atom. The fourth-order valence-electron chi connectivity index (χ4n) is 1.70. The van der Waals surface area contributed by atoms with Crippen LogP contribution in [0, 0.1) is 0 Å². The minimum absolute atomic E-state index is 0. The number of hydrogen-bond acceptors (Lipinski definition) is 4. The van der Waals surface area contributed by atoms with Crippen molar-refractivity contribution < 1.29 is 70.4 Å². The fraction of sp³-hybridized carbons (Fsp3) is 0.786. The van der Waals surface area contributed by atoms with Crippen LogP contribution in [0.5, 0.6) is 0 Å². The number of carbonyl (C=O) groups is 1. The van der Waals surface area contributed by atoms with Crippen molar-refractivity contribution in [3.63, 3.8) is 0 Å². The molecule has 0 N–H and O–H groups in total. The van der Waals surface area contributed by atoms with Crippen molar-refractivity contribution in [3.8, 4) is 0 Å². The predicted octanol–water partition coefficient (Wildman–Crippen LogP) is -0.539. The van der Waals surface area contributed by atoms with E-state index in [1.165, 1.54) is 7.11 Å². The summed E-state index contributed by atoms with van der Waals surface area (Å²) in [5.41, 5.74) is -0.838. The Kier molecular flexibility index (Phi) is 9.76. The van der Waals surface area contributed by atoms with Crippen LogP contribution < -0.4 is 56.5 Å². The molecule has 0 aromatic heterocycles. The van der Waals surface area contributed by atoms with E-state index in [1.54, 1.807) is 6.92 Å². The quantitative estimate of drug-likeness (QED) is 0.466. The van der Waals surface area contributed by atoms with Crippen LogP contribution >= 0.6 is 0 Å². The zero-order valence-corrected chi connectivity index (χ0v) is 18.4. The summed E-state index contributed by atoms with van der Waals surface area (Å²) >= 11 is 0. The third kappa shape index (κ3) is 7.72. The summed E-state index contributed by atoms with van der Waals surface area (Å²) in [4.78, 5) is 11.0. The van der Waals surface area contributed by atoms with Crippen LogP contribution in [0.2, 0.25) is 18.1 Å². The summed E-state index contributed by atoms with van der Waals surface area (Å²) in [6.45, 7) is 16.1. The molecule has 0 aliphatic heterocycles. The van der Waals surface area contributed by atoms with Crippen molar-refractivity contribution >= 4 is 14.3 Å². The van der Waals surface area contributed by atoms with E-state index in [-0.39, 0.29) is 62.8 Å². The van der Waals surface area contributed by atoms with Gasteiger partial charge in [-0.15, -0.1) is 0 Å². The topological polar surface area (TPSA) is 58.6 Å². The molecule has 0 bridgehead atoms. The van der Waals surface area contributed by atoms with E-state index in [1.807, 2.05) is 0 Å². The minimum atomic E-state index is -2.07. The number of hydrogen-bond donors (Lipinski definition) is 0. The van der Waals surface area contributed by atoms with Gasteiger partial charge in [0.05, 0.1) is 18.5 Å². The number of carboxylic acid groups (broad SMARTS) is 1. The second-order valence-electron chi connectivity index (χ2n) is 6.78. The van der Waals surface area contributed by atoms with Crippen molar-refractivity contribution in [2.45, 2.75) is 64.3 Å². The Hall–Kier alpha value is 0.823. The molecular weight excluding hydrogens is 299 g/mol. The maximum absolute atomic E-state index is 11.0. The van der Waals surface area contributed by atoms with E-state index >= 15 is 0 Å². The maximum Gasteiger partial charge on any atom is 1.00 e. The molecule has 0 aromatic rings. The van der Waals surface area contributed by atoms with Gasteiger partial charge in [-0.2, -0.15) is 0 Å². The molecule has 0 spiro atoms. The van der Waals surface area contributed by atoms with Crippen molar-refractivity contribution in [3.05, 3.63) is 12.3 Å². The predicted molar refractivity (Wildman–Crippen MR) is 77.1 cm³/mol. The summed E-state index contributed by atoms with van der Waals surface area (Å²) in [6, 6.07) is 0. The summed E-state index contributed by atoms with van der Waals surface area (Å²) in [5, 5.41) is 11.0. The first-order chi connectivity index (χ1) is 8.33. The van der Waals surface area contributed by atoms with Gasteiger partial charge >= 0.3 is 51.4 Å². The van der Waals surface area contributed by atoms with Gasteiger partial charge in [-0.3, -0.25) is 0 Å². The molecule has 6 heteroatoms. The van der Waals surface area contributed by atoms with Crippen LogP contribution in [0.4, 0.5) is 0 Å². The number of rotatable bonds is 7. The van der Waals surface area contributed by atoms with Gasteiger partial charge < -0.3 is 19.1 Å². The van der Waals surface area contributed by atoms with Crippen molar-refractivity contribution in [2.75, 3.05) is 7.11 Å². The summed E-state index contributed by atoms with van der Waals surface area (Å²) < 4.78 is 11.3. The number of carboxylic acids is 1. The van der Waals surface area contributed by atoms with E-state index in [0.29, 0.717) is 12.2 Å². The molecule has 0 amide bonds. The second kappa shape index (κ2) is 8.45. The Bertz CT molecular complexity index is 350. The monoisotopic (exact) mass is 326 g/mol. The van der Waals surface area contributed by atoms with Gasteiger partial charge in [0, 0.05) is 18.8 Å². The Morgan fingerprint density at radius 2 is 1.65 bits per heavy atom. The van der Waals surface area contributed by atoms with Crippen LogP contribution in [0.3, 0.4) is 0 Å². The molecule has 0 aromatic carbocycles. The average Bonchev–Trinajstić information content (AvgIpc) is 2.12. The van der Waals surface area contributed by atoms with Gasteiger partial charge in [0.1, 0.15) is 0 Å². The zero-order valence-electron chi connectivity index (χ0n) is 14.3. The standard InChI is InChI=1S/C14H28O4Si.K/c1-11(17-6)9-14(5,10-12(15)16)18-19(7,8)13(2,3)4;/h1,9-10H2,2-8H3,(H,15,16);/q;+1/p-1/t14-;/m0./s1. The van der Waals surface area contributed by atoms with E-state index in [9.17, 15) is 9.90 Å². The second-order valence-corrected chi connectivity index (χ2v) is 11.5. The van der Waals surface area contributed by atoms with Crippen LogP contribution in [0.25, 0.3) is 0 Å². The Labute approximate surface area is 166 Å². The molecule has 0 aliphatic rings. The third-order valence-electron chi connectivity index (χ3n) is 3.69. The van der Waals surface area contributed by atoms with E-state index < -0.39 is 19.9 Å². The molecule has 1 atom stereocenters. The molecule has 0 heterocycles. The first kappa shape index (κ1) is 23.1. The largest absolute Gasteiger partial charge is 1.00 e. The molecule has 20 heavy (non-hydrogen) atoms. The number of aliphatic carboxylic acids is 1. The zero-order chi connectivity index (χ0) is 15.5. The average molecular weight is 327 g/mol. The summed E-state index contributed by atoms with van der Waals surface area (Å²) in [6.07, 6.45) is 0.186. The molecule has 0 saturated carbocycles. The van der Waals surface area contributed by atoms with Crippen molar-refractivity contribution in [1.29, 1.82) is 0 Å². The first-order valence-corrected chi connectivity index (χ1v) is 9.35. The van der Waals surface area contributed by atoms with Crippen LogP contribution in [0.15, 0.2) is 12.3 Å². The van der Waals surface area contributed by atoms with Crippen molar-refractivity contribution in [2.24, 2.45) is 0 Å². The van der Waals surface area contributed by atoms with Gasteiger partial charge in [0.2, 0.25) is 0 Å².